The van der Waals surface area contributed by atoms with Crippen molar-refractivity contribution in [3.8, 4) is 0 Å². The third kappa shape index (κ3) is 2.48. The molecule has 0 saturated heterocycles. The highest BCUT2D eigenvalue weighted by Gasteiger charge is 2.68. The van der Waals surface area contributed by atoms with Gasteiger partial charge < -0.3 is 5.32 Å². The zero-order valence-corrected chi connectivity index (χ0v) is 14.3. The van der Waals surface area contributed by atoms with Gasteiger partial charge in [0, 0.05) is 17.8 Å². The van der Waals surface area contributed by atoms with E-state index in [1.807, 2.05) is 0 Å². The molecule has 2 nitrogen and oxygen atoms in total. The molecule has 0 aliphatic heterocycles. The topological polar surface area (TPSA) is 29.1 Å². The number of rotatable bonds is 6. The summed E-state index contributed by atoms with van der Waals surface area (Å²) in [5.74, 6) is 0.393. The van der Waals surface area contributed by atoms with E-state index in [9.17, 15) is 4.79 Å². The van der Waals surface area contributed by atoms with Crippen LogP contribution in [0.3, 0.4) is 0 Å². The average Bonchev–Trinajstić information content (AvgIpc) is 2.72. The first kappa shape index (κ1) is 16.0. The van der Waals surface area contributed by atoms with Gasteiger partial charge in [-0.25, -0.2) is 0 Å². The predicted molar refractivity (Wildman–Crippen MR) is 80.9 cm³/mol. The van der Waals surface area contributed by atoms with Crippen LogP contribution in [0.15, 0.2) is 0 Å². The molecule has 1 aliphatic rings. The van der Waals surface area contributed by atoms with Gasteiger partial charge >= 0.3 is 0 Å². The Hall–Kier alpha value is -0.0500. The summed E-state index contributed by atoms with van der Waals surface area (Å²) < 4.78 is 0. The number of carbonyl (C=O) groups excluding carboxylic acids is 1. The Morgan fingerprint density at radius 3 is 1.89 bits per heavy atom. The highest BCUT2D eigenvalue weighted by molar-refractivity contribution is 9.09. The number of alkyl halides is 1. The summed E-state index contributed by atoms with van der Waals surface area (Å²) in [5.41, 5.74) is 0.470. The lowest BCUT2D eigenvalue weighted by Gasteiger charge is -2.29. The first-order valence-electron chi connectivity index (χ1n) is 7.02. The molecule has 106 valence electrons. The Morgan fingerprint density at radius 1 is 1.17 bits per heavy atom. The van der Waals surface area contributed by atoms with Crippen molar-refractivity contribution in [2.45, 2.75) is 54.4 Å². The molecule has 1 aliphatic carbocycles. The van der Waals surface area contributed by atoms with Crippen molar-refractivity contribution in [3.05, 3.63) is 0 Å². The third-order valence-electron chi connectivity index (χ3n) is 5.70. The lowest BCUT2D eigenvalue weighted by molar-refractivity contribution is -0.123. The highest BCUT2D eigenvalue weighted by atomic mass is 79.9. The molecule has 0 aromatic heterocycles. The average molecular weight is 318 g/mol. The molecule has 18 heavy (non-hydrogen) atoms. The molecule has 0 aromatic carbocycles. The van der Waals surface area contributed by atoms with Gasteiger partial charge in [0.15, 0.2) is 0 Å². The predicted octanol–water partition coefficient (Wildman–Crippen LogP) is 3.99. The summed E-state index contributed by atoms with van der Waals surface area (Å²) in [7, 11) is 0. The summed E-state index contributed by atoms with van der Waals surface area (Å²) in [6.07, 6.45) is 2.18. The summed E-state index contributed by atoms with van der Waals surface area (Å²) in [4.78, 5) is 12.3. The second-order valence-corrected chi connectivity index (χ2v) is 7.50. The number of hydrogen-bond acceptors (Lipinski definition) is 1. The minimum absolute atomic E-state index is 0.132. The van der Waals surface area contributed by atoms with Crippen molar-refractivity contribution >= 4 is 21.8 Å². The normalized spacial score (nSPS) is 21.7. The first-order chi connectivity index (χ1) is 8.18. The number of amides is 1. The van der Waals surface area contributed by atoms with Crippen LogP contribution in [0.1, 0.15) is 54.4 Å². The second kappa shape index (κ2) is 5.15. The molecule has 1 amide bonds. The lowest BCUT2D eigenvalue weighted by Crippen LogP contribution is -2.39. The lowest BCUT2D eigenvalue weighted by atomic mass is 9.84. The molecule has 0 radical (unpaired) electrons. The SMILES string of the molecule is CCC(CC)(CBr)CNC(=O)C1C(C)(C)C1(C)C. The third-order valence-corrected chi connectivity index (χ3v) is 6.89. The van der Waals surface area contributed by atoms with Gasteiger partial charge in [-0.2, -0.15) is 0 Å². The van der Waals surface area contributed by atoms with Crippen LogP contribution in [-0.4, -0.2) is 17.8 Å². The van der Waals surface area contributed by atoms with Gasteiger partial charge in [-0.15, -0.1) is 0 Å². The van der Waals surface area contributed by atoms with Crippen molar-refractivity contribution in [2.75, 3.05) is 11.9 Å². The number of hydrogen-bond donors (Lipinski definition) is 1. The van der Waals surface area contributed by atoms with Gasteiger partial charge in [0.25, 0.3) is 0 Å². The van der Waals surface area contributed by atoms with Crippen LogP contribution in [0.2, 0.25) is 0 Å². The molecule has 0 heterocycles. The van der Waals surface area contributed by atoms with E-state index in [1.165, 1.54) is 0 Å². The molecule has 3 heteroatoms. The zero-order valence-electron chi connectivity index (χ0n) is 12.7. The molecule has 0 unspecified atom stereocenters. The molecule has 0 aromatic rings. The van der Waals surface area contributed by atoms with Gasteiger partial charge in [-0.3, -0.25) is 4.79 Å². The van der Waals surface area contributed by atoms with Crippen LogP contribution < -0.4 is 5.32 Å². The van der Waals surface area contributed by atoms with Gasteiger partial charge in [-0.1, -0.05) is 57.5 Å². The summed E-state index contributed by atoms with van der Waals surface area (Å²) in [5, 5.41) is 4.13. The van der Waals surface area contributed by atoms with Crippen molar-refractivity contribution in [1.82, 2.24) is 5.32 Å². The fourth-order valence-electron chi connectivity index (χ4n) is 2.96. The van der Waals surface area contributed by atoms with Crippen molar-refractivity contribution < 1.29 is 4.79 Å². The van der Waals surface area contributed by atoms with E-state index in [4.69, 9.17) is 0 Å². The van der Waals surface area contributed by atoms with E-state index in [2.05, 4.69) is 62.8 Å². The van der Waals surface area contributed by atoms with Crippen LogP contribution in [0, 0.1) is 22.2 Å². The van der Waals surface area contributed by atoms with Crippen LogP contribution in [-0.2, 0) is 4.79 Å². The number of carbonyl (C=O) groups is 1. The van der Waals surface area contributed by atoms with E-state index in [0.717, 1.165) is 24.7 Å². The van der Waals surface area contributed by atoms with E-state index < -0.39 is 0 Å². The molecule has 0 spiro atoms. The fraction of sp³-hybridized carbons (Fsp3) is 0.933. The quantitative estimate of drug-likeness (QED) is 0.737. The highest BCUT2D eigenvalue weighted by Crippen LogP contribution is 2.68. The molecule has 1 rings (SSSR count). The Labute approximate surface area is 120 Å². The summed E-state index contributed by atoms with van der Waals surface area (Å²) >= 11 is 3.59. The van der Waals surface area contributed by atoms with Gasteiger partial charge in [0.2, 0.25) is 5.91 Å². The van der Waals surface area contributed by atoms with Crippen molar-refractivity contribution in [1.29, 1.82) is 0 Å². The standard InChI is InChI=1S/C15H28BrNO/c1-7-15(8-2,9-16)10-17-12(18)11-13(3,4)14(11,5)6/h11H,7-10H2,1-6H3,(H,17,18). The minimum atomic E-state index is 0.132. The Morgan fingerprint density at radius 2 is 1.61 bits per heavy atom. The van der Waals surface area contributed by atoms with E-state index >= 15 is 0 Å². The molecular weight excluding hydrogens is 290 g/mol. The van der Waals surface area contributed by atoms with Crippen LogP contribution in [0.5, 0.6) is 0 Å². The van der Waals surface area contributed by atoms with E-state index in [1.54, 1.807) is 0 Å². The zero-order chi connectivity index (χ0) is 14.2. The summed E-state index contributed by atoms with van der Waals surface area (Å²) in [6, 6.07) is 0. The molecular formula is C15H28BrNO. The smallest absolute Gasteiger partial charge is 0.224 e. The van der Waals surface area contributed by atoms with E-state index in [-0.39, 0.29) is 28.1 Å². The van der Waals surface area contributed by atoms with Crippen molar-refractivity contribution in [2.24, 2.45) is 22.2 Å². The van der Waals surface area contributed by atoms with Crippen molar-refractivity contribution in [3.63, 3.8) is 0 Å². The molecule has 1 fully saturated rings. The van der Waals surface area contributed by atoms with Gasteiger partial charge in [0.05, 0.1) is 0 Å². The second-order valence-electron chi connectivity index (χ2n) is 6.93. The maximum absolute atomic E-state index is 12.3. The molecule has 1 N–H and O–H groups in total. The maximum Gasteiger partial charge on any atom is 0.224 e. The van der Waals surface area contributed by atoms with E-state index in [0.29, 0.717) is 0 Å². The fourth-order valence-corrected chi connectivity index (χ4v) is 3.96. The maximum atomic E-state index is 12.3. The first-order valence-corrected chi connectivity index (χ1v) is 8.14. The van der Waals surface area contributed by atoms with Crippen LogP contribution in [0.4, 0.5) is 0 Å². The minimum Gasteiger partial charge on any atom is -0.355 e. The van der Waals surface area contributed by atoms with Gasteiger partial charge in [-0.05, 0) is 29.1 Å². The number of nitrogens with one attached hydrogen (secondary N) is 1. The summed E-state index contributed by atoms with van der Waals surface area (Å²) in [6.45, 7) is 13.9. The van der Waals surface area contributed by atoms with Gasteiger partial charge in [0.1, 0.15) is 0 Å². The monoisotopic (exact) mass is 317 g/mol. The number of halogens is 1. The van der Waals surface area contributed by atoms with Crippen LogP contribution in [0.25, 0.3) is 0 Å². The Balaban J connectivity index is 2.58. The molecule has 0 atom stereocenters. The Kier molecular flexibility index (Phi) is 4.58. The Bertz CT molecular complexity index is 296. The largest absolute Gasteiger partial charge is 0.355 e. The molecule has 0 bridgehead atoms. The van der Waals surface area contributed by atoms with Crippen LogP contribution >= 0.6 is 15.9 Å². The molecule has 1 saturated carbocycles.